The van der Waals surface area contributed by atoms with E-state index in [4.69, 9.17) is 0 Å². The Labute approximate surface area is 142 Å². The number of fused-ring (bicyclic) bond motifs is 1. The first kappa shape index (κ1) is 16.4. The second kappa shape index (κ2) is 5.86. The molecule has 7 nitrogen and oxygen atoms in total. The van der Waals surface area contributed by atoms with Crippen LogP contribution in [0.4, 0.5) is 5.69 Å². The zero-order valence-electron chi connectivity index (χ0n) is 13.5. The molecule has 0 atom stereocenters. The average Bonchev–Trinajstić information content (AvgIpc) is 2.88. The van der Waals surface area contributed by atoms with E-state index < -0.39 is 17.8 Å². The molecule has 0 spiro atoms. The van der Waals surface area contributed by atoms with Gasteiger partial charge >= 0.3 is 5.97 Å². The highest BCUT2D eigenvalue weighted by Gasteiger charge is 2.39. The number of anilines is 1. The fourth-order valence-corrected chi connectivity index (χ4v) is 2.95. The van der Waals surface area contributed by atoms with Crippen molar-refractivity contribution in [3.63, 3.8) is 0 Å². The molecule has 0 bridgehead atoms. The number of aromatic nitrogens is 1. The van der Waals surface area contributed by atoms with Crippen molar-refractivity contribution in [2.24, 2.45) is 0 Å². The number of aromatic carboxylic acids is 1. The van der Waals surface area contributed by atoms with Crippen LogP contribution in [0.5, 0.6) is 0 Å². The van der Waals surface area contributed by atoms with Crippen LogP contribution in [0.2, 0.25) is 0 Å². The first-order valence-corrected chi connectivity index (χ1v) is 7.40. The molecule has 2 aromatic rings. The summed E-state index contributed by atoms with van der Waals surface area (Å²) < 4.78 is 0. The molecule has 25 heavy (non-hydrogen) atoms. The molecule has 0 radical (unpaired) electrons. The lowest BCUT2D eigenvalue weighted by molar-refractivity contribution is -0.122. The smallest absolute Gasteiger partial charge is 0.335 e. The van der Waals surface area contributed by atoms with E-state index in [2.05, 4.69) is 4.98 Å². The molecule has 0 unspecified atom stereocenters. The number of imide groups is 1. The minimum Gasteiger partial charge on any atom is -0.506 e. The van der Waals surface area contributed by atoms with Gasteiger partial charge in [0, 0.05) is 30.4 Å². The third kappa shape index (κ3) is 2.46. The zero-order valence-corrected chi connectivity index (χ0v) is 13.5. The van der Waals surface area contributed by atoms with Gasteiger partial charge in [0.25, 0.3) is 5.91 Å². The lowest BCUT2D eigenvalue weighted by atomic mass is 9.95. The van der Waals surface area contributed by atoms with Crippen molar-refractivity contribution in [2.75, 3.05) is 4.90 Å². The van der Waals surface area contributed by atoms with Crippen LogP contribution < -0.4 is 4.90 Å². The molecule has 0 saturated carbocycles. The molecule has 3 rings (SSSR count). The van der Waals surface area contributed by atoms with Crippen molar-refractivity contribution < 1.29 is 24.6 Å². The minimum atomic E-state index is -1.16. The van der Waals surface area contributed by atoms with Gasteiger partial charge in [0.15, 0.2) is 0 Å². The van der Waals surface area contributed by atoms with Crippen LogP contribution in [0.3, 0.4) is 0 Å². The van der Waals surface area contributed by atoms with E-state index in [1.165, 1.54) is 43.6 Å². The number of amides is 2. The van der Waals surface area contributed by atoms with E-state index in [0.29, 0.717) is 11.1 Å². The van der Waals surface area contributed by atoms with E-state index >= 15 is 0 Å². The first-order valence-electron chi connectivity index (χ1n) is 7.40. The van der Waals surface area contributed by atoms with Crippen LogP contribution in [0.15, 0.2) is 36.7 Å². The second-order valence-corrected chi connectivity index (χ2v) is 5.56. The predicted octanol–water partition coefficient (Wildman–Crippen LogP) is 2.41. The number of nitrogens with zero attached hydrogens (tertiary/aromatic N) is 2. The molecule has 2 amide bonds. The van der Waals surface area contributed by atoms with Gasteiger partial charge in [0.05, 0.1) is 16.8 Å². The molecule has 1 aliphatic rings. The molecule has 2 N–H and O–H groups in total. The molecular formula is C18H14N2O5. The number of benzene rings is 1. The summed E-state index contributed by atoms with van der Waals surface area (Å²) >= 11 is 0. The highest BCUT2D eigenvalue weighted by Crippen LogP contribution is 2.43. The summed E-state index contributed by atoms with van der Waals surface area (Å²) in [5.41, 5.74) is 1.05. The monoisotopic (exact) mass is 338 g/mol. The Balaban J connectivity index is 2.37. The first-order chi connectivity index (χ1) is 11.8. The van der Waals surface area contributed by atoms with Crippen molar-refractivity contribution in [1.82, 2.24) is 4.98 Å². The molecule has 1 aromatic carbocycles. The maximum atomic E-state index is 12.8. The van der Waals surface area contributed by atoms with Gasteiger partial charge in [-0.15, -0.1) is 0 Å². The molecule has 0 fully saturated rings. The van der Waals surface area contributed by atoms with Gasteiger partial charge in [0.1, 0.15) is 5.76 Å². The molecular weight excluding hydrogens is 324 g/mol. The Morgan fingerprint density at radius 1 is 1.08 bits per heavy atom. The van der Waals surface area contributed by atoms with Crippen LogP contribution >= 0.6 is 0 Å². The summed E-state index contributed by atoms with van der Waals surface area (Å²) in [6, 6.07) is 5.77. The molecule has 7 heteroatoms. The van der Waals surface area contributed by atoms with Crippen molar-refractivity contribution >= 4 is 34.8 Å². The molecule has 0 saturated heterocycles. The SMILES string of the molecule is CC(=O)N1C(=O)C(=C(O)c2ccncc2)c2c1ccc(C(=O)O)c2C. The lowest BCUT2D eigenvalue weighted by Crippen LogP contribution is -2.31. The molecule has 0 aliphatic carbocycles. The lowest BCUT2D eigenvalue weighted by Gasteiger charge is -2.13. The largest absolute Gasteiger partial charge is 0.506 e. The van der Waals surface area contributed by atoms with Gasteiger partial charge < -0.3 is 10.2 Å². The number of aliphatic hydroxyl groups excluding tert-OH is 1. The Morgan fingerprint density at radius 3 is 2.28 bits per heavy atom. The number of hydrogen-bond donors (Lipinski definition) is 2. The number of carbonyl (C=O) groups excluding carboxylic acids is 2. The van der Waals surface area contributed by atoms with Crippen LogP contribution in [-0.4, -0.2) is 33.0 Å². The van der Waals surface area contributed by atoms with E-state index in [9.17, 15) is 24.6 Å². The van der Waals surface area contributed by atoms with Crippen molar-refractivity contribution in [1.29, 1.82) is 0 Å². The zero-order chi connectivity index (χ0) is 18.3. The van der Waals surface area contributed by atoms with Gasteiger partial charge in [-0.3, -0.25) is 14.6 Å². The summed E-state index contributed by atoms with van der Waals surface area (Å²) in [7, 11) is 0. The fourth-order valence-electron chi connectivity index (χ4n) is 2.95. The third-order valence-corrected chi connectivity index (χ3v) is 4.09. The van der Waals surface area contributed by atoms with Gasteiger partial charge in [0.2, 0.25) is 5.91 Å². The van der Waals surface area contributed by atoms with Crippen LogP contribution in [0, 0.1) is 6.92 Å². The predicted molar refractivity (Wildman–Crippen MR) is 90.0 cm³/mol. The second-order valence-electron chi connectivity index (χ2n) is 5.56. The highest BCUT2D eigenvalue weighted by atomic mass is 16.4. The van der Waals surface area contributed by atoms with E-state index in [1.807, 2.05) is 0 Å². The minimum absolute atomic E-state index is 0.00280. The maximum Gasteiger partial charge on any atom is 0.335 e. The number of aliphatic hydroxyl groups is 1. The molecule has 1 aliphatic heterocycles. The summed E-state index contributed by atoms with van der Waals surface area (Å²) in [6.45, 7) is 2.77. The van der Waals surface area contributed by atoms with Crippen LogP contribution in [0.25, 0.3) is 11.3 Å². The topological polar surface area (TPSA) is 108 Å². The van der Waals surface area contributed by atoms with Gasteiger partial charge in [-0.2, -0.15) is 0 Å². The summed E-state index contributed by atoms with van der Waals surface area (Å²) in [5, 5.41) is 20.0. The number of pyridine rings is 1. The van der Waals surface area contributed by atoms with E-state index in [0.717, 1.165) is 4.90 Å². The number of carboxylic acid groups (broad SMARTS) is 1. The van der Waals surface area contributed by atoms with Gasteiger partial charge in [-0.25, -0.2) is 9.69 Å². The van der Waals surface area contributed by atoms with Crippen LogP contribution in [0.1, 0.15) is 34.0 Å². The Hall–Kier alpha value is -3.48. The number of hydrogen-bond acceptors (Lipinski definition) is 5. The summed E-state index contributed by atoms with van der Waals surface area (Å²) in [6.07, 6.45) is 2.91. The third-order valence-electron chi connectivity index (χ3n) is 4.09. The number of rotatable bonds is 2. The van der Waals surface area contributed by atoms with Gasteiger partial charge in [-0.1, -0.05) is 0 Å². The van der Waals surface area contributed by atoms with Crippen molar-refractivity contribution in [3.05, 3.63) is 58.9 Å². The molecule has 126 valence electrons. The van der Waals surface area contributed by atoms with Crippen molar-refractivity contribution in [3.8, 4) is 0 Å². The summed E-state index contributed by atoms with van der Waals surface area (Å²) in [4.78, 5) is 40.9. The standard InChI is InChI=1S/C18H14N2O5/c1-9-12(18(24)25)3-4-13-14(9)15(17(23)20(13)10(2)21)16(22)11-5-7-19-8-6-11/h3-8,22H,1-2H3,(H,24,25). The van der Waals surface area contributed by atoms with Gasteiger partial charge in [-0.05, 0) is 36.8 Å². The van der Waals surface area contributed by atoms with E-state index in [-0.39, 0.29) is 28.1 Å². The number of carbonyl (C=O) groups is 3. The molecule has 2 heterocycles. The van der Waals surface area contributed by atoms with Crippen LogP contribution in [-0.2, 0) is 9.59 Å². The quantitative estimate of drug-likeness (QED) is 0.643. The Kier molecular flexibility index (Phi) is 3.84. The average molecular weight is 338 g/mol. The Bertz CT molecular complexity index is 947. The maximum absolute atomic E-state index is 12.8. The number of carboxylic acids is 1. The highest BCUT2D eigenvalue weighted by molar-refractivity contribution is 6.43. The summed E-state index contributed by atoms with van der Waals surface area (Å²) in [5.74, 6) is -2.70. The fraction of sp³-hybridized carbons (Fsp3) is 0.111. The normalized spacial score (nSPS) is 15.1. The Morgan fingerprint density at radius 2 is 1.72 bits per heavy atom. The van der Waals surface area contributed by atoms with E-state index in [1.54, 1.807) is 6.92 Å². The van der Waals surface area contributed by atoms with Crippen molar-refractivity contribution in [2.45, 2.75) is 13.8 Å². The molecule has 1 aromatic heterocycles.